The number of carbonyl (C=O) groups excluding carboxylic acids is 3. The van der Waals surface area contributed by atoms with Crippen molar-refractivity contribution in [1.29, 1.82) is 0 Å². The van der Waals surface area contributed by atoms with Crippen molar-refractivity contribution in [2.24, 2.45) is 5.73 Å². The quantitative estimate of drug-likeness (QED) is 0.117. The Bertz CT molecular complexity index is 503. The zero-order chi connectivity index (χ0) is 23.9. The van der Waals surface area contributed by atoms with Gasteiger partial charge in [-0.2, -0.15) is 0 Å². The van der Waals surface area contributed by atoms with Gasteiger partial charge in [0, 0.05) is 25.8 Å². The Morgan fingerprint density at radius 2 is 1.25 bits per heavy atom. The molecule has 0 aromatic heterocycles. The molecule has 0 unspecified atom stereocenters. The summed E-state index contributed by atoms with van der Waals surface area (Å²) < 4.78 is 27.0. The topological polar surface area (TPSA) is 173 Å². The van der Waals surface area contributed by atoms with Crippen molar-refractivity contribution in [2.75, 3.05) is 72.6 Å². The maximum absolute atomic E-state index is 12.5. The summed E-state index contributed by atoms with van der Waals surface area (Å²) in [6.45, 7) is 1.76. The highest BCUT2D eigenvalue weighted by atomic mass is 16.5. The van der Waals surface area contributed by atoms with E-state index in [1.165, 1.54) is 0 Å². The van der Waals surface area contributed by atoms with Crippen LogP contribution in [-0.2, 0) is 42.9 Å². The summed E-state index contributed by atoms with van der Waals surface area (Å²) in [6, 6.07) is 0. The number of hydrogen-bond donors (Lipinski definition) is 3. The van der Waals surface area contributed by atoms with Crippen LogP contribution in [0.3, 0.4) is 0 Å². The maximum Gasteiger partial charge on any atom is 0.305 e. The minimum atomic E-state index is -1.13. The number of ether oxygens (including phenoxy) is 5. The number of carboxylic acid groups (broad SMARTS) is 1. The minimum Gasteiger partial charge on any atom is -0.481 e. The average molecular weight is 465 g/mol. The Balaban J connectivity index is 4.86. The molecule has 0 radical (unpaired) electrons. The highest BCUT2D eigenvalue weighted by Crippen LogP contribution is 2.11. The third kappa shape index (κ3) is 17.7. The standard InChI is InChI=1S/C20H36N2O10/c21-5-12-29-14-13-28-10-3-18(25)22-20(15-30-8-1-6-23,16-31-9-2-7-24)17-32-11-4-19(26)27/h6-7H,1-5,8-17,21H2,(H,22,25)(H,26,27). The van der Waals surface area contributed by atoms with E-state index < -0.39 is 11.5 Å². The van der Waals surface area contributed by atoms with E-state index in [9.17, 15) is 19.2 Å². The molecule has 1 amide bonds. The number of aldehydes is 2. The largest absolute Gasteiger partial charge is 0.481 e. The van der Waals surface area contributed by atoms with Gasteiger partial charge in [-0.15, -0.1) is 0 Å². The van der Waals surface area contributed by atoms with Crippen molar-refractivity contribution in [3.63, 3.8) is 0 Å². The van der Waals surface area contributed by atoms with Gasteiger partial charge in [0.1, 0.15) is 18.1 Å². The molecule has 0 rings (SSSR count). The Morgan fingerprint density at radius 1 is 0.750 bits per heavy atom. The summed E-state index contributed by atoms with van der Waals surface area (Å²) >= 11 is 0. The molecule has 0 aromatic carbocycles. The third-order valence-corrected chi connectivity index (χ3v) is 3.87. The summed E-state index contributed by atoms with van der Waals surface area (Å²) in [5.74, 6) is -1.37. The van der Waals surface area contributed by atoms with Gasteiger partial charge in [0.15, 0.2) is 0 Å². The third-order valence-electron chi connectivity index (χ3n) is 3.87. The van der Waals surface area contributed by atoms with Crippen molar-refractivity contribution < 1.29 is 48.0 Å². The maximum atomic E-state index is 12.5. The average Bonchev–Trinajstić information content (AvgIpc) is 2.76. The van der Waals surface area contributed by atoms with E-state index in [1.54, 1.807) is 0 Å². The molecular weight excluding hydrogens is 428 g/mol. The van der Waals surface area contributed by atoms with Gasteiger partial charge in [-0.3, -0.25) is 9.59 Å². The Kier molecular flexibility index (Phi) is 19.6. The van der Waals surface area contributed by atoms with Crippen molar-refractivity contribution in [2.45, 2.75) is 31.2 Å². The number of hydrogen-bond acceptors (Lipinski definition) is 10. The number of carboxylic acids is 1. The number of nitrogens with two attached hydrogens (primary N) is 1. The predicted octanol–water partition coefficient (Wildman–Crippen LogP) is -1.07. The van der Waals surface area contributed by atoms with Crippen LogP contribution in [0.25, 0.3) is 0 Å². The fraction of sp³-hybridized carbons (Fsp3) is 0.800. The highest BCUT2D eigenvalue weighted by Gasteiger charge is 2.33. The summed E-state index contributed by atoms with van der Waals surface area (Å²) in [5, 5.41) is 11.6. The van der Waals surface area contributed by atoms with E-state index in [-0.39, 0.29) is 77.8 Å². The fourth-order valence-electron chi connectivity index (χ4n) is 2.39. The summed E-state index contributed by atoms with van der Waals surface area (Å²) in [7, 11) is 0. The van der Waals surface area contributed by atoms with E-state index >= 15 is 0 Å². The molecule has 32 heavy (non-hydrogen) atoms. The molecule has 12 nitrogen and oxygen atoms in total. The van der Waals surface area contributed by atoms with Crippen LogP contribution in [0.4, 0.5) is 0 Å². The molecule has 0 aliphatic rings. The number of aliphatic carboxylic acids is 1. The zero-order valence-corrected chi connectivity index (χ0v) is 18.5. The van der Waals surface area contributed by atoms with Gasteiger partial charge in [-0.25, -0.2) is 0 Å². The first-order valence-corrected chi connectivity index (χ1v) is 10.5. The first kappa shape index (κ1) is 30.0. The molecule has 0 heterocycles. The first-order chi connectivity index (χ1) is 15.5. The number of rotatable bonds is 24. The molecule has 0 aromatic rings. The van der Waals surface area contributed by atoms with E-state index in [1.807, 2.05) is 0 Å². The van der Waals surface area contributed by atoms with Crippen molar-refractivity contribution in [3.8, 4) is 0 Å². The second-order valence-corrected chi connectivity index (χ2v) is 6.80. The van der Waals surface area contributed by atoms with Crippen LogP contribution in [0.2, 0.25) is 0 Å². The highest BCUT2D eigenvalue weighted by molar-refractivity contribution is 5.77. The molecule has 4 N–H and O–H groups in total. The lowest BCUT2D eigenvalue weighted by atomic mass is 10.0. The van der Waals surface area contributed by atoms with E-state index in [2.05, 4.69) is 5.32 Å². The molecule has 186 valence electrons. The lowest BCUT2D eigenvalue weighted by Gasteiger charge is -2.34. The molecule has 12 heteroatoms. The van der Waals surface area contributed by atoms with Gasteiger partial charge >= 0.3 is 5.97 Å². The Morgan fingerprint density at radius 3 is 1.75 bits per heavy atom. The van der Waals surface area contributed by atoms with Gasteiger partial charge in [0.25, 0.3) is 0 Å². The van der Waals surface area contributed by atoms with Crippen LogP contribution in [0, 0.1) is 0 Å². The molecule has 0 bridgehead atoms. The van der Waals surface area contributed by atoms with Crippen LogP contribution >= 0.6 is 0 Å². The monoisotopic (exact) mass is 464 g/mol. The fourth-order valence-corrected chi connectivity index (χ4v) is 2.39. The Hall–Kier alpha value is -1.96. The number of carbonyl (C=O) groups is 4. The van der Waals surface area contributed by atoms with E-state index in [0.29, 0.717) is 38.9 Å². The molecule has 0 saturated heterocycles. The van der Waals surface area contributed by atoms with Crippen LogP contribution in [0.1, 0.15) is 25.7 Å². The summed E-state index contributed by atoms with van der Waals surface area (Å²) in [5.41, 5.74) is 4.18. The van der Waals surface area contributed by atoms with Crippen LogP contribution in [0.15, 0.2) is 0 Å². The zero-order valence-electron chi connectivity index (χ0n) is 18.5. The van der Waals surface area contributed by atoms with Crippen molar-refractivity contribution >= 4 is 24.4 Å². The second-order valence-electron chi connectivity index (χ2n) is 6.80. The Labute approximate surface area is 188 Å². The van der Waals surface area contributed by atoms with Gasteiger partial charge in [0.05, 0.1) is 72.5 Å². The van der Waals surface area contributed by atoms with Crippen LogP contribution in [0.5, 0.6) is 0 Å². The molecule has 0 saturated carbocycles. The summed E-state index contributed by atoms with van der Waals surface area (Å²) in [6.07, 6.45) is 1.61. The molecule has 0 aliphatic carbocycles. The van der Waals surface area contributed by atoms with Crippen molar-refractivity contribution in [3.05, 3.63) is 0 Å². The molecular formula is C20H36N2O10. The van der Waals surface area contributed by atoms with Crippen LogP contribution < -0.4 is 11.1 Å². The van der Waals surface area contributed by atoms with Gasteiger partial charge in [-0.05, 0) is 0 Å². The smallest absolute Gasteiger partial charge is 0.305 e. The van der Waals surface area contributed by atoms with Gasteiger partial charge in [0.2, 0.25) is 5.91 Å². The van der Waals surface area contributed by atoms with Crippen molar-refractivity contribution in [1.82, 2.24) is 5.32 Å². The number of amides is 1. The molecule has 0 aliphatic heterocycles. The van der Waals surface area contributed by atoms with Gasteiger partial charge < -0.3 is 49.4 Å². The lowest BCUT2D eigenvalue weighted by molar-refractivity contribution is -0.139. The number of nitrogens with one attached hydrogen (secondary N) is 1. The lowest BCUT2D eigenvalue weighted by Crippen LogP contribution is -2.58. The summed E-state index contributed by atoms with van der Waals surface area (Å²) in [4.78, 5) is 44.3. The van der Waals surface area contributed by atoms with Gasteiger partial charge in [-0.1, -0.05) is 0 Å². The SMILES string of the molecule is NCCOCCOCCC(=O)NC(COCCC=O)(COCCC=O)COCCC(=O)O. The van der Waals surface area contributed by atoms with E-state index in [0.717, 1.165) is 0 Å². The minimum absolute atomic E-state index is 0.0332. The second kappa shape index (κ2) is 20.9. The first-order valence-electron chi connectivity index (χ1n) is 10.5. The molecule has 0 spiro atoms. The van der Waals surface area contributed by atoms with E-state index in [4.69, 9.17) is 34.5 Å². The molecule has 0 atom stereocenters. The predicted molar refractivity (Wildman–Crippen MR) is 112 cm³/mol. The molecule has 0 fully saturated rings. The van der Waals surface area contributed by atoms with Crippen LogP contribution in [-0.4, -0.2) is 108 Å². The normalized spacial score (nSPS) is 11.3.